The molecule has 1 saturated heterocycles. The average Bonchev–Trinajstić information content (AvgIpc) is 3.22. The standard InChI is InChI=1S/C21H25N3O3/c1-13-6-5-8-16(10-13)24-14(2)17(12-22-24)20(25)23-18-9-4-3-7-15(18)11-19(23)21(26)27/h5-6,8,10,12,15,18-19H,3-4,7,9,11H2,1-2H3,(H,26,27). The highest BCUT2D eigenvalue weighted by Crippen LogP contribution is 2.40. The molecule has 2 aromatic rings. The van der Waals surface area contributed by atoms with E-state index in [1.54, 1.807) is 15.8 Å². The maximum atomic E-state index is 13.4. The number of nitrogens with zero attached hydrogens (tertiary/aromatic N) is 3. The van der Waals surface area contributed by atoms with Gasteiger partial charge in [-0.1, -0.05) is 25.0 Å². The summed E-state index contributed by atoms with van der Waals surface area (Å²) in [6, 6.07) is 7.25. The summed E-state index contributed by atoms with van der Waals surface area (Å²) < 4.78 is 1.75. The van der Waals surface area contributed by atoms with Crippen molar-refractivity contribution < 1.29 is 14.7 Å². The Balaban J connectivity index is 1.69. The Bertz CT molecular complexity index is 889. The molecule has 0 radical (unpaired) electrons. The third-order valence-corrected chi connectivity index (χ3v) is 6.09. The van der Waals surface area contributed by atoms with Crippen molar-refractivity contribution in [1.82, 2.24) is 14.7 Å². The number of carboxylic acids is 1. The summed E-state index contributed by atoms with van der Waals surface area (Å²) in [6.45, 7) is 3.88. The fraction of sp³-hybridized carbons (Fsp3) is 0.476. The number of aromatic nitrogens is 2. The summed E-state index contributed by atoms with van der Waals surface area (Å²) in [4.78, 5) is 26.8. The van der Waals surface area contributed by atoms with E-state index < -0.39 is 12.0 Å². The second-order valence-corrected chi connectivity index (χ2v) is 7.81. The molecule has 3 unspecified atom stereocenters. The van der Waals surface area contributed by atoms with Crippen LogP contribution in [0.15, 0.2) is 30.5 Å². The van der Waals surface area contributed by atoms with E-state index >= 15 is 0 Å². The number of amides is 1. The van der Waals surface area contributed by atoms with E-state index in [9.17, 15) is 14.7 Å². The zero-order chi connectivity index (χ0) is 19.1. The number of carbonyl (C=O) groups is 2. The SMILES string of the molecule is Cc1cccc(-n2ncc(C(=O)N3C(C(=O)O)CC4CCCCC43)c2C)c1. The minimum atomic E-state index is -0.901. The second-order valence-electron chi connectivity index (χ2n) is 7.81. The van der Waals surface area contributed by atoms with Crippen LogP contribution in [0.4, 0.5) is 0 Å². The predicted molar refractivity (Wildman–Crippen MR) is 101 cm³/mol. The van der Waals surface area contributed by atoms with Crippen molar-refractivity contribution in [2.24, 2.45) is 5.92 Å². The van der Waals surface area contributed by atoms with E-state index in [2.05, 4.69) is 5.10 Å². The lowest BCUT2D eigenvalue weighted by Gasteiger charge is -2.32. The highest BCUT2D eigenvalue weighted by atomic mass is 16.4. The zero-order valence-electron chi connectivity index (χ0n) is 15.8. The van der Waals surface area contributed by atoms with Crippen LogP contribution in [0.3, 0.4) is 0 Å². The van der Waals surface area contributed by atoms with Crippen molar-refractivity contribution in [3.05, 3.63) is 47.3 Å². The molecule has 1 aromatic heterocycles. The normalized spacial score (nSPS) is 24.7. The minimum absolute atomic E-state index is 0.0362. The smallest absolute Gasteiger partial charge is 0.326 e. The molecule has 1 aliphatic carbocycles. The van der Waals surface area contributed by atoms with Crippen LogP contribution in [0.25, 0.3) is 5.69 Å². The molecule has 2 aliphatic rings. The van der Waals surface area contributed by atoms with Crippen molar-refractivity contribution in [3.8, 4) is 5.69 Å². The molecule has 3 atom stereocenters. The number of likely N-dealkylation sites (tertiary alicyclic amines) is 1. The van der Waals surface area contributed by atoms with Crippen molar-refractivity contribution in [2.45, 2.75) is 58.0 Å². The molecule has 1 saturated carbocycles. The molecule has 27 heavy (non-hydrogen) atoms. The van der Waals surface area contributed by atoms with Gasteiger partial charge in [-0.15, -0.1) is 0 Å². The first-order chi connectivity index (χ1) is 13.0. The number of hydrogen-bond donors (Lipinski definition) is 1. The van der Waals surface area contributed by atoms with E-state index in [-0.39, 0.29) is 11.9 Å². The third kappa shape index (κ3) is 3.03. The van der Waals surface area contributed by atoms with Crippen LogP contribution < -0.4 is 0 Å². The first kappa shape index (κ1) is 17.8. The fourth-order valence-electron chi connectivity index (χ4n) is 4.75. The first-order valence-corrected chi connectivity index (χ1v) is 9.64. The predicted octanol–water partition coefficient (Wildman–Crippen LogP) is 3.35. The van der Waals surface area contributed by atoms with Crippen LogP contribution in [-0.4, -0.2) is 43.7 Å². The van der Waals surface area contributed by atoms with Gasteiger partial charge in [0.15, 0.2) is 0 Å². The number of hydrogen-bond acceptors (Lipinski definition) is 3. The fourth-order valence-corrected chi connectivity index (χ4v) is 4.75. The van der Waals surface area contributed by atoms with Gasteiger partial charge in [-0.05, 0) is 56.7 Å². The number of aliphatic carboxylic acids is 1. The molecule has 1 amide bonds. The Labute approximate surface area is 158 Å². The van der Waals surface area contributed by atoms with Gasteiger partial charge < -0.3 is 10.0 Å². The molecule has 0 spiro atoms. The largest absolute Gasteiger partial charge is 0.480 e. The highest BCUT2D eigenvalue weighted by molar-refractivity contribution is 5.98. The molecule has 1 aromatic carbocycles. The van der Waals surface area contributed by atoms with Gasteiger partial charge in [0.25, 0.3) is 5.91 Å². The second kappa shape index (κ2) is 6.83. The first-order valence-electron chi connectivity index (χ1n) is 9.64. The van der Waals surface area contributed by atoms with Gasteiger partial charge in [-0.25, -0.2) is 9.48 Å². The van der Waals surface area contributed by atoms with E-state index in [1.165, 1.54) is 0 Å². The number of rotatable bonds is 3. The van der Waals surface area contributed by atoms with Crippen LogP contribution in [0.5, 0.6) is 0 Å². The van der Waals surface area contributed by atoms with Crippen molar-refractivity contribution >= 4 is 11.9 Å². The van der Waals surface area contributed by atoms with E-state index in [0.717, 1.165) is 42.6 Å². The molecular formula is C21H25N3O3. The molecule has 6 heteroatoms. The maximum Gasteiger partial charge on any atom is 0.326 e. The molecule has 142 valence electrons. The Morgan fingerprint density at radius 3 is 2.70 bits per heavy atom. The number of aryl methyl sites for hydroxylation is 1. The molecule has 2 fully saturated rings. The monoisotopic (exact) mass is 367 g/mol. The molecule has 1 N–H and O–H groups in total. The molecule has 4 rings (SSSR count). The van der Waals surface area contributed by atoms with Gasteiger partial charge in [-0.2, -0.15) is 5.10 Å². The van der Waals surface area contributed by atoms with Crippen molar-refractivity contribution in [3.63, 3.8) is 0 Å². The van der Waals surface area contributed by atoms with E-state index in [0.29, 0.717) is 17.9 Å². The number of fused-ring (bicyclic) bond motifs is 1. The van der Waals surface area contributed by atoms with Gasteiger partial charge in [0, 0.05) is 6.04 Å². The van der Waals surface area contributed by atoms with Gasteiger partial charge in [0.05, 0.1) is 23.1 Å². The number of carbonyl (C=O) groups excluding carboxylic acids is 1. The Hall–Kier alpha value is -2.63. The summed E-state index contributed by atoms with van der Waals surface area (Å²) in [6.07, 6.45) is 6.23. The lowest BCUT2D eigenvalue weighted by Crippen LogP contribution is -2.46. The zero-order valence-corrected chi connectivity index (χ0v) is 15.8. The molecule has 1 aliphatic heterocycles. The molecule has 0 bridgehead atoms. The van der Waals surface area contributed by atoms with Gasteiger partial charge in [0.2, 0.25) is 0 Å². The van der Waals surface area contributed by atoms with Gasteiger partial charge >= 0.3 is 5.97 Å². The summed E-state index contributed by atoms with van der Waals surface area (Å²) >= 11 is 0. The quantitative estimate of drug-likeness (QED) is 0.903. The van der Waals surface area contributed by atoms with Crippen molar-refractivity contribution in [2.75, 3.05) is 0 Å². The Kier molecular flexibility index (Phi) is 4.50. The number of benzene rings is 1. The summed E-state index contributed by atoms with van der Waals surface area (Å²) in [5.41, 5.74) is 3.26. The molecular weight excluding hydrogens is 342 g/mol. The van der Waals surface area contributed by atoms with E-state index in [1.807, 2.05) is 38.1 Å². The van der Waals surface area contributed by atoms with Crippen LogP contribution in [-0.2, 0) is 4.79 Å². The molecule has 2 heterocycles. The van der Waals surface area contributed by atoms with E-state index in [4.69, 9.17) is 0 Å². The molecule has 6 nitrogen and oxygen atoms in total. The van der Waals surface area contributed by atoms with Crippen LogP contribution in [0.1, 0.15) is 53.7 Å². The van der Waals surface area contributed by atoms with Gasteiger partial charge in [0.1, 0.15) is 6.04 Å². The highest BCUT2D eigenvalue weighted by Gasteiger charge is 2.48. The number of carboxylic acid groups (broad SMARTS) is 1. The summed E-state index contributed by atoms with van der Waals surface area (Å²) in [7, 11) is 0. The van der Waals surface area contributed by atoms with Gasteiger partial charge in [-0.3, -0.25) is 4.79 Å². The average molecular weight is 367 g/mol. The van der Waals surface area contributed by atoms with Crippen LogP contribution >= 0.6 is 0 Å². The third-order valence-electron chi connectivity index (χ3n) is 6.09. The Morgan fingerprint density at radius 1 is 1.19 bits per heavy atom. The Morgan fingerprint density at radius 2 is 1.96 bits per heavy atom. The van der Waals surface area contributed by atoms with Crippen LogP contribution in [0, 0.1) is 19.8 Å². The maximum absolute atomic E-state index is 13.4. The summed E-state index contributed by atoms with van der Waals surface area (Å²) in [5.74, 6) is -0.800. The van der Waals surface area contributed by atoms with Crippen molar-refractivity contribution in [1.29, 1.82) is 0 Å². The lowest BCUT2D eigenvalue weighted by molar-refractivity contribution is -0.141. The minimum Gasteiger partial charge on any atom is -0.480 e. The lowest BCUT2D eigenvalue weighted by atomic mass is 9.84. The summed E-state index contributed by atoms with van der Waals surface area (Å²) in [5, 5.41) is 14.1. The van der Waals surface area contributed by atoms with Crippen LogP contribution in [0.2, 0.25) is 0 Å². The topological polar surface area (TPSA) is 75.4 Å².